The number of halogens is 1. The summed E-state index contributed by atoms with van der Waals surface area (Å²) in [6, 6.07) is -0.159. The summed E-state index contributed by atoms with van der Waals surface area (Å²) in [6.45, 7) is 7.87. The number of hydrogen-bond donors (Lipinski definition) is 0. The van der Waals surface area contributed by atoms with E-state index in [-0.39, 0.29) is 12.0 Å². The van der Waals surface area contributed by atoms with Gasteiger partial charge in [0.2, 0.25) is 0 Å². The molecule has 0 N–H and O–H groups in total. The molecule has 0 spiro atoms. The molecule has 0 saturated carbocycles. The number of rotatable bonds is 3. The van der Waals surface area contributed by atoms with Crippen LogP contribution in [0.3, 0.4) is 0 Å². The zero-order valence-electron chi connectivity index (χ0n) is 14.5. The Balaban J connectivity index is 2.15. The second-order valence-corrected chi connectivity index (χ2v) is 8.83. The Hall–Kier alpha value is -1.28. The van der Waals surface area contributed by atoms with Crippen molar-refractivity contribution < 1.29 is 23.8 Å². The molecule has 1 amide bonds. The molecular weight excluding hydrogens is 398 g/mol. The van der Waals surface area contributed by atoms with E-state index in [0.29, 0.717) is 30.3 Å². The first-order valence-corrected chi connectivity index (χ1v) is 9.31. The third-order valence-corrected chi connectivity index (χ3v) is 5.41. The van der Waals surface area contributed by atoms with Gasteiger partial charge in [-0.1, -0.05) is 0 Å². The summed E-state index contributed by atoms with van der Waals surface area (Å²) in [6.07, 6.45) is 0.193. The maximum absolute atomic E-state index is 12.2. The molecule has 1 atom stereocenters. The van der Waals surface area contributed by atoms with Crippen LogP contribution < -0.4 is 4.74 Å². The Kier molecular flexibility index (Phi) is 5.80. The number of ether oxygens (including phenoxy) is 3. The van der Waals surface area contributed by atoms with Gasteiger partial charge in [0.15, 0.2) is 4.88 Å². The van der Waals surface area contributed by atoms with Gasteiger partial charge >= 0.3 is 12.1 Å². The summed E-state index contributed by atoms with van der Waals surface area (Å²) in [4.78, 5) is 26.2. The number of fused-ring (bicyclic) bond motifs is 1. The van der Waals surface area contributed by atoms with Crippen molar-refractivity contribution in [3.63, 3.8) is 0 Å². The minimum absolute atomic E-state index is 0.159. The number of nitrogens with zero attached hydrogens (tertiary/aromatic N) is 1. The van der Waals surface area contributed by atoms with Gasteiger partial charge < -0.3 is 19.1 Å². The molecule has 6 nitrogen and oxygen atoms in total. The molecule has 1 unspecified atom stereocenters. The fraction of sp³-hybridized carbons (Fsp3) is 0.625. The summed E-state index contributed by atoms with van der Waals surface area (Å²) in [7, 11) is 1.69. The minimum Gasteiger partial charge on any atom is -0.489 e. The molecule has 1 aliphatic heterocycles. The molecule has 1 aromatic heterocycles. The van der Waals surface area contributed by atoms with E-state index in [2.05, 4.69) is 15.9 Å². The maximum atomic E-state index is 12.2. The summed E-state index contributed by atoms with van der Waals surface area (Å²) >= 11 is 4.77. The summed E-state index contributed by atoms with van der Waals surface area (Å²) in [5.74, 6) is 0.169. The molecule has 1 aliphatic rings. The van der Waals surface area contributed by atoms with Crippen molar-refractivity contribution in [1.82, 2.24) is 4.90 Å². The average Bonchev–Trinajstić information content (AvgIpc) is 2.82. The van der Waals surface area contributed by atoms with Gasteiger partial charge in [0.25, 0.3) is 0 Å². The average molecular weight is 420 g/mol. The Morgan fingerprint density at radius 3 is 2.67 bits per heavy atom. The Labute approximate surface area is 154 Å². The van der Waals surface area contributed by atoms with E-state index in [4.69, 9.17) is 14.2 Å². The van der Waals surface area contributed by atoms with Crippen LogP contribution in [0.4, 0.5) is 4.79 Å². The number of likely N-dealkylation sites (N-methyl/N-ethyl adjacent to an activating group) is 1. The monoisotopic (exact) mass is 419 g/mol. The van der Waals surface area contributed by atoms with Crippen molar-refractivity contribution in [2.75, 3.05) is 20.3 Å². The number of thiophene rings is 1. The van der Waals surface area contributed by atoms with Crippen LogP contribution in [0.2, 0.25) is 0 Å². The van der Waals surface area contributed by atoms with Gasteiger partial charge in [-0.25, -0.2) is 9.59 Å². The summed E-state index contributed by atoms with van der Waals surface area (Å²) in [5, 5.41) is 0. The summed E-state index contributed by atoms with van der Waals surface area (Å²) in [5.41, 5.74) is 0.334. The molecule has 0 aliphatic carbocycles. The van der Waals surface area contributed by atoms with Gasteiger partial charge in [-0.3, -0.25) is 0 Å². The zero-order valence-corrected chi connectivity index (χ0v) is 16.9. The molecule has 0 aromatic carbocycles. The highest BCUT2D eigenvalue weighted by Crippen LogP contribution is 2.43. The lowest BCUT2D eigenvalue weighted by Crippen LogP contribution is -2.46. The SMILES string of the molecule is CCOC(=O)c1sc(Br)c2c1OCC(N(C)C(=O)OC(C)(C)C)C2. The maximum Gasteiger partial charge on any atom is 0.410 e. The molecule has 0 fully saturated rings. The van der Waals surface area contributed by atoms with Gasteiger partial charge in [0.1, 0.15) is 18.0 Å². The highest BCUT2D eigenvalue weighted by Gasteiger charge is 2.34. The molecule has 0 saturated heterocycles. The second-order valence-electron chi connectivity index (χ2n) is 6.49. The van der Waals surface area contributed by atoms with E-state index in [0.717, 1.165) is 9.35 Å². The predicted octanol–water partition coefficient (Wildman–Crippen LogP) is 3.86. The number of esters is 1. The van der Waals surface area contributed by atoms with Crippen LogP contribution in [0.25, 0.3) is 0 Å². The smallest absolute Gasteiger partial charge is 0.410 e. The standard InChI is InChI=1S/C16H22BrNO5S/c1-6-21-14(19)12-11-10(13(17)24-12)7-9(8-22-11)18(5)15(20)23-16(2,3)4/h9H,6-8H2,1-5H3. The van der Waals surface area contributed by atoms with Crippen molar-refractivity contribution >= 4 is 39.3 Å². The lowest BCUT2D eigenvalue weighted by Gasteiger charge is -2.33. The van der Waals surface area contributed by atoms with Crippen molar-refractivity contribution in [3.05, 3.63) is 14.2 Å². The summed E-state index contributed by atoms with van der Waals surface area (Å²) < 4.78 is 17.1. The number of amides is 1. The molecule has 0 bridgehead atoms. The van der Waals surface area contributed by atoms with E-state index >= 15 is 0 Å². The second kappa shape index (κ2) is 7.31. The molecular formula is C16H22BrNO5S. The van der Waals surface area contributed by atoms with Crippen LogP contribution in [0.5, 0.6) is 5.75 Å². The first-order valence-electron chi connectivity index (χ1n) is 7.71. The Morgan fingerprint density at radius 2 is 2.08 bits per heavy atom. The first-order chi connectivity index (χ1) is 11.1. The molecule has 24 heavy (non-hydrogen) atoms. The molecule has 2 rings (SSSR count). The molecule has 8 heteroatoms. The molecule has 0 radical (unpaired) electrons. The van der Waals surface area contributed by atoms with Gasteiger partial charge in [-0.2, -0.15) is 0 Å². The number of carbonyl (C=O) groups excluding carboxylic acids is 2. The van der Waals surface area contributed by atoms with Crippen molar-refractivity contribution in [2.45, 2.75) is 45.8 Å². The largest absolute Gasteiger partial charge is 0.489 e. The van der Waals surface area contributed by atoms with Crippen LogP contribution in [0.1, 0.15) is 42.9 Å². The lowest BCUT2D eigenvalue weighted by atomic mass is 10.0. The van der Waals surface area contributed by atoms with E-state index in [1.54, 1.807) is 18.9 Å². The van der Waals surface area contributed by atoms with Gasteiger partial charge in [0.05, 0.1) is 16.4 Å². The first kappa shape index (κ1) is 19.1. The van der Waals surface area contributed by atoms with E-state index < -0.39 is 11.7 Å². The van der Waals surface area contributed by atoms with Crippen LogP contribution in [0.15, 0.2) is 3.79 Å². The minimum atomic E-state index is -0.550. The van der Waals surface area contributed by atoms with Gasteiger partial charge in [-0.05, 0) is 43.6 Å². The topological polar surface area (TPSA) is 65.1 Å². The molecule has 2 heterocycles. The molecule has 134 valence electrons. The third-order valence-electron chi connectivity index (χ3n) is 3.46. The van der Waals surface area contributed by atoms with Crippen LogP contribution in [0, 0.1) is 0 Å². The fourth-order valence-corrected chi connectivity index (χ4v) is 4.01. The van der Waals surface area contributed by atoms with E-state index in [1.807, 2.05) is 20.8 Å². The van der Waals surface area contributed by atoms with Crippen molar-refractivity contribution in [1.29, 1.82) is 0 Å². The number of hydrogen-bond acceptors (Lipinski definition) is 6. The fourth-order valence-electron chi connectivity index (χ4n) is 2.29. The quantitative estimate of drug-likeness (QED) is 0.695. The van der Waals surface area contributed by atoms with Crippen LogP contribution in [-0.4, -0.2) is 48.9 Å². The molecule has 1 aromatic rings. The van der Waals surface area contributed by atoms with Crippen molar-refractivity contribution in [2.24, 2.45) is 0 Å². The van der Waals surface area contributed by atoms with Crippen LogP contribution >= 0.6 is 27.3 Å². The number of carbonyl (C=O) groups is 2. The van der Waals surface area contributed by atoms with Gasteiger partial charge in [0, 0.05) is 19.0 Å². The third kappa shape index (κ3) is 4.22. The zero-order chi connectivity index (χ0) is 18.1. The lowest BCUT2D eigenvalue weighted by molar-refractivity contribution is 0.0156. The van der Waals surface area contributed by atoms with Crippen molar-refractivity contribution in [3.8, 4) is 5.75 Å². The van der Waals surface area contributed by atoms with Crippen LogP contribution in [-0.2, 0) is 15.9 Å². The normalized spacial score (nSPS) is 16.8. The van der Waals surface area contributed by atoms with Gasteiger partial charge in [-0.15, -0.1) is 11.3 Å². The van der Waals surface area contributed by atoms with E-state index in [1.165, 1.54) is 11.3 Å². The highest BCUT2D eigenvalue weighted by atomic mass is 79.9. The Morgan fingerprint density at radius 1 is 1.42 bits per heavy atom. The highest BCUT2D eigenvalue weighted by molar-refractivity contribution is 9.11. The Bertz CT molecular complexity index is 637. The van der Waals surface area contributed by atoms with E-state index in [9.17, 15) is 9.59 Å². The predicted molar refractivity (Wildman–Crippen MR) is 95.0 cm³/mol.